The van der Waals surface area contributed by atoms with Crippen molar-refractivity contribution < 1.29 is 5.11 Å². The average Bonchev–Trinajstić information content (AvgIpc) is 2.12. The Morgan fingerprint density at radius 1 is 1.36 bits per heavy atom. The van der Waals surface area contributed by atoms with Gasteiger partial charge in [0, 0.05) is 17.8 Å². The first-order valence-corrected chi connectivity index (χ1v) is 4.95. The molecule has 1 atom stereocenters. The predicted octanol–water partition coefficient (Wildman–Crippen LogP) is 1.55. The maximum absolute atomic E-state index is 9.62. The molecule has 0 aliphatic carbocycles. The molecule has 78 valence electrons. The molecule has 1 rings (SSSR count). The molecule has 0 aliphatic rings. The lowest BCUT2D eigenvalue weighted by molar-refractivity contribution is 0.164. The van der Waals surface area contributed by atoms with Crippen molar-refractivity contribution in [2.45, 2.75) is 32.3 Å². The van der Waals surface area contributed by atoms with Gasteiger partial charge in [0.1, 0.15) is 0 Å². The number of aliphatic hydroxyl groups excluding tert-OH is 1. The molecule has 0 radical (unpaired) electrons. The molecule has 5 N–H and O–H groups in total. The number of nitrogen functional groups attached to an aromatic ring is 2. The van der Waals surface area contributed by atoms with E-state index in [-0.39, 0.29) is 6.10 Å². The summed E-state index contributed by atoms with van der Waals surface area (Å²) in [4.78, 5) is 0. The van der Waals surface area contributed by atoms with Crippen LogP contribution in [0, 0.1) is 0 Å². The van der Waals surface area contributed by atoms with Crippen LogP contribution in [-0.4, -0.2) is 11.2 Å². The van der Waals surface area contributed by atoms with Crippen LogP contribution in [0.3, 0.4) is 0 Å². The highest BCUT2D eigenvalue weighted by Crippen LogP contribution is 2.18. The molecule has 1 aromatic carbocycles. The summed E-state index contributed by atoms with van der Waals surface area (Å²) in [6.45, 7) is 2.05. The van der Waals surface area contributed by atoms with Gasteiger partial charge in [-0.05, 0) is 30.2 Å². The van der Waals surface area contributed by atoms with Gasteiger partial charge in [0.05, 0.1) is 6.10 Å². The van der Waals surface area contributed by atoms with E-state index in [4.69, 9.17) is 11.5 Å². The van der Waals surface area contributed by atoms with Gasteiger partial charge in [-0.3, -0.25) is 0 Å². The van der Waals surface area contributed by atoms with Crippen LogP contribution >= 0.6 is 0 Å². The van der Waals surface area contributed by atoms with Gasteiger partial charge in [-0.25, -0.2) is 0 Å². The number of anilines is 2. The van der Waals surface area contributed by atoms with E-state index in [0.717, 1.165) is 18.4 Å². The molecule has 3 heteroatoms. The van der Waals surface area contributed by atoms with E-state index in [9.17, 15) is 5.11 Å². The van der Waals surface area contributed by atoms with E-state index in [1.165, 1.54) is 0 Å². The topological polar surface area (TPSA) is 72.3 Å². The Balaban J connectivity index is 2.70. The highest BCUT2D eigenvalue weighted by Gasteiger charge is 2.07. The molecule has 0 aromatic heterocycles. The number of rotatable bonds is 4. The maximum atomic E-state index is 9.62. The molecule has 1 aromatic rings. The van der Waals surface area contributed by atoms with E-state index < -0.39 is 0 Å². The van der Waals surface area contributed by atoms with Crippen molar-refractivity contribution in [3.63, 3.8) is 0 Å². The monoisotopic (exact) mass is 194 g/mol. The quantitative estimate of drug-likeness (QED) is 0.637. The first kappa shape index (κ1) is 10.9. The average molecular weight is 194 g/mol. The fourth-order valence-corrected chi connectivity index (χ4v) is 1.49. The van der Waals surface area contributed by atoms with Gasteiger partial charge in [0.25, 0.3) is 0 Å². The van der Waals surface area contributed by atoms with E-state index >= 15 is 0 Å². The number of hydrogen-bond donors (Lipinski definition) is 3. The molecule has 0 spiro atoms. The summed E-state index contributed by atoms with van der Waals surface area (Å²) >= 11 is 0. The summed E-state index contributed by atoms with van der Waals surface area (Å²) in [7, 11) is 0. The highest BCUT2D eigenvalue weighted by atomic mass is 16.3. The maximum Gasteiger partial charge on any atom is 0.0581 e. The van der Waals surface area contributed by atoms with Gasteiger partial charge in [0.2, 0.25) is 0 Å². The van der Waals surface area contributed by atoms with Crippen molar-refractivity contribution in [2.24, 2.45) is 0 Å². The van der Waals surface area contributed by atoms with Crippen LogP contribution in [-0.2, 0) is 6.42 Å². The molecular weight excluding hydrogens is 176 g/mol. The molecule has 0 saturated heterocycles. The van der Waals surface area contributed by atoms with Gasteiger partial charge in [-0.15, -0.1) is 0 Å². The number of benzene rings is 1. The minimum atomic E-state index is -0.316. The summed E-state index contributed by atoms with van der Waals surface area (Å²) in [6.07, 6.45) is 2.05. The molecular formula is C11H18N2O. The van der Waals surface area contributed by atoms with E-state index in [2.05, 4.69) is 0 Å². The largest absolute Gasteiger partial charge is 0.399 e. The molecule has 0 aliphatic heterocycles. The predicted molar refractivity (Wildman–Crippen MR) is 59.9 cm³/mol. The summed E-state index contributed by atoms with van der Waals surface area (Å²) in [5.74, 6) is 0. The van der Waals surface area contributed by atoms with Crippen molar-refractivity contribution in [1.29, 1.82) is 0 Å². The van der Waals surface area contributed by atoms with Crippen molar-refractivity contribution >= 4 is 11.4 Å². The van der Waals surface area contributed by atoms with Crippen LogP contribution in [0.1, 0.15) is 25.3 Å². The Labute approximate surface area is 84.7 Å². The lowest BCUT2D eigenvalue weighted by atomic mass is 10.0. The Morgan fingerprint density at radius 3 is 2.71 bits per heavy atom. The van der Waals surface area contributed by atoms with Crippen LogP contribution in [0.4, 0.5) is 11.4 Å². The van der Waals surface area contributed by atoms with Gasteiger partial charge in [-0.2, -0.15) is 0 Å². The summed E-state index contributed by atoms with van der Waals surface area (Å²) in [5, 5.41) is 9.62. The molecule has 0 saturated carbocycles. The van der Waals surface area contributed by atoms with Gasteiger partial charge in [-0.1, -0.05) is 13.3 Å². The molecule has 3 nitrogen and oxygen atoms in total. The molecule has 0 fully saturated rings. The third kappa shape index (κ3) is 2.92. The van der Waals surface area contributed by atoms with Crippen LogP contribution in [0.25, 0.3) is 0 Å². The smallest absolute Gasteiger partial charge is 0.0581 e. The Kier molecular flexibility index (Phi) is 3.77. The fourth-order valence-electron chi connectivity index (χ4n) is 1.49. The normalized spacial score (nSPS) is 12.7. The minimum Gasteiger partial charge on any atom is -0.399 e. The van der Waals surface area contributed by atoms with Crippen LogP contribution in [0.15, 0.2) is 18.2 Å². The van der Waals surface area contributed by atoms with Crippen molar-refractivity contribution in [1.82, 2.24) is 0 Å². The third-order valence-corrected chi connectivity index (χ3v) is 2.24. The molecule has 0 amide bonds. The van der Waals surface area contributed by atoms with Crippen LogP contribution in [0.2, 0.25) is 0 Å². The third-order valence-electron chi connectivity index (χ3n) is 2.24. The first-order valence-electron chi connectivity index (χ1n) is 4.95. The Morgan fingerprint density at radius 2 is 2.07 bits per heavy atom. The zero-order chi connectivity index (χ0) is 10.6. The Bertz CT molecular complexity index is 299. The molecule has 0 bridgehead atoms. The van der Waals surface area contributed by atoms with Crippen molar-refractivity contribution in [3.05, 3.63) is 23.8 Å². The Hall–Kier alpha value is -1.22. The SMILES string of the molecule is CCCC(O)Cc1cc(N)ccc1N. The zero-order valence-corrected chi connectivity index (χ0v) is 8.53. The van der Waals surface area contributed by atoms with Crippen molar-refractivity contribution in [3.8, 4) is 0 Å². The first-order chi connectivity index (χ1) is 6.63. The van der Waals surface area contributed by atoms with Gasteiger partial charge >= 0.3 is 0 Å². The second kappa shape index (κ2) is 4.86. The summed E-state index contributed by atoms with van der Waals surface area (Å²) < 4.78 is 0. The minimum absolute atomic E-state index is 0.316. The van der Waals surface area contributed by atoms with Crippen molar-refractivity contribution in [2.75, 3.05) is 11.5 Å². The fraction of sp³-hybridized carbons (Fsp3) is 0.455. The lowest BCUT2D eigenvalue weighted by Crippen LogP contribution is -2.11. The molecule has 1 unspecified atom stereocenters. The zero-order valence-electron chi connectivity index (χ0n) is 8.53. The summed E-state index contributed by atoms with van der Waals surface area (Å²) in [5.41, 5.74) is 13.7. The summed E-state index contributed by atoms with van der Waals surface area (Å²) in [6, 6.07) is 5.38. The highest BCUT2D eigenvalue weighted by molar-refractivity contribution is 5.55. The molecule has 0 heterocycles. The van der Waals surface area contributed by atoms with E-state index in [1.807, 2.05) is 13.0 Å². The lowest BCUT2D eigenvalue weighted by Gasteiger charge is -2.11. The van der Waals surface area contributed by atoms with Gasteiger partial charge in [0.15, 0.2) is 0 Å². The number of nitrogens with two attached hydrogens (primary N) is 2. The molecule has 14 heavy (non-hydrogen) atoms. The standard InChI is InChI=1S/C11H18N2O/c1-2-3-10(14)7-8-6-9(12)4-5-11(8)13/h4-6,10,14H,2-3,7,12-13H2,1H3. The van der Waals surface area contributed by atoms with E-state index in [0.29, 0.717) is 17.8 Å². The van der Waals surface area contributed by atoms with Crippen LogP contribution < -0.4 is 11.5 Å². The second-order valence-electron chi connectivity index (χ2n) is 3.60. The van der Waals surface area contributed by atoms with Gasteiger partial charge < -0.3 is 16.6 Å². The second-order valence-corrected chi connectivity index (χ2v) is 3.60. The van der Waals surface area contributed by atoms with Crippen LogP contribution in [0.5, 0.6) is 0 Å². The number of aliphatic hydroxyl groups is 1. The number of hydrogen-bond acceptors (Lipinski definition) is 3. The van der Waals surface area contributed by atoms with E-state index in [1.54, 1.807) is 12.1 Å².